The second-order valence-corrected chi connectivity index (χ2v) is 7.47. The molecule has 4 heteroatoms. The van der Waals surface area contributed by atoms with Crippen LogP contribution in [0.1, 0.15) is 37.1 Å². The van der Waals surface area contributed by atoms with Gasteiger partial charge in [0.15, 0.2) is 0 Å². The van der Waals surface area contributed by atoms with Gasteiger partial charge in [0.25, 0.3) is 0 Å². The number of ether oxygens (including phenoxy) is 1. The van der Waals surface area contributed by atoms with E-state index in [2.05, 4.69) is 46.7 Å². The lowest BCUT2D eigenvalue weighted by Gasteiger charge is -2.20. The Morgan fingerprint density at radius 3 is 2.48 bits per heavy atom. The number of fused-ring (bicyclic) bond motifs is 1. The first-order valence-corrected chi connectivity index (χ1v) is 10.2. The average Bonchev–Trinajstić information content (AvgIpc) is 2.84. The molecule has 0 saturated carbocycles. The van der Waals surface area contributed by atoms with E-state index in [9.17, 15) is 0 Å². The molecule has 27 heavy (non-hydrogen) atoms. The lowest BCUT2D eigenvalue weighted by molar-refractivity contribution is 0.258. The van der Waals surface area contributed by atoms with Crippen LogP contribution in [0.25, 0.3) is 11.0 Å². The van der Waals surface area contributed by atoms with Gasteiger partial charge in [-0.1, -0.05) is 43.2 Å². The smallest absolute Gasteiger partial charge is 0.124 e. The van der Waals surface area contributed by atoms with E-state index in [4.69, 9.17) is 9.72 Å². The van der Waals surface area contributed by atoms with E-state index < -0.39 is 0 Å². The molecule has 4 rings (SSSR count). The number of para-hydroxylation sites is 3. The maximum atomic E-state index is 6.06. The molecule has 142 valence electrons. The molecule has 2 heterocycles. The number of aromatic nitrogens is 2. The van der Waals surface area contributed by atoms with Gasteiger partial charge in [-0.15, -0.1) is 0 Å². The highest BCUT2D eigenvalue weighted by molar-refractivity contribution is 5.75. The van der Waals surface area contributed by atoms with E-state index in [0.717, 1.165) is 30.2 Å². The molecule has 1 fully saturated rings. The summed E-state index contributed by atoms with van der Waals surface area (Å²) in [4.78, 5) is 7.51. The lowest BCUT2D eigenvalue weighted by atomic mass is 10.2. The van der Waals surface area contributed by atoms with Crippen molar-refractivity contribution in [3.8, 4) is 5.75 Å². The van der Waals surface area contributed by atoms with E-state index >= 15 is 0 Å². The third-order valence-corrected chi connectivity index (χ3v) is 5.46. The highest BCUT2D eigenvalue weighted by Gasteiger charge is 2.15. The van der Waals surface area contributed by atoms with Crippen LogP contribution < -0.4 is 4.74 Å². The van der Waals surface area contributed by atoms with Gasteiger partial charge in [0.05, 0.1) is 24.1 Å². The zero-order valence-corrected chi connectivity index (χ0v) is 16.2. The minimum Gasteiger partial charge on any atom is -0.491 e. The van der Waals surface area contributed by atoms with Crippen molar-refractivity contribution < 1.29 is 4.74 Å². The van der Waals surface area contributed by atoms with Crippen molar-refractivity contribution in [3.63, 3.8) is 0 Å². The fraction of sp³-hybridized carbons (Fsp3) is 0.435. The molecular formula is C23H29N3O. The summed E-state index contributed by atoms with van der Waals surface area (Å²) in [6, 6.07) is 16.6. The second kappa shape index (κ2) is 8.57. The summed E-state index contributed by atoms with van der Waals surface area (Å²) in [6.07, 6.45) is 5.32. The van der Waals surface area contributed by atoms with Crippen LogP contribution >= 0.6 is 0 Å². The van der Waals surface area contributed by atoms with Crippen molar-refractivity contribution >= 4 is 11.0 Å². The van der Waals surface area contributed by atoms with E-state index in [1.807, 2.05) is 18.2 Å². The molecule has 0 radical (unpaired) electrons. The topological polar surface area (TPSA) is 30.3 Å². The van der Waals surface area contributed by atoms with E-state index in [0.29, 0.717) is 6.61 Å². The van der Waals surface area contributed by atoms with Crippen LogP contribution in [-0.4, -0.2) is 34.1 Å². The third kappa shape index (κ3) is 4.33. The van der Waals surface area contributed by atoms with Crippen molar-refractivity contribution in [2.75, 3.05) is 19.7 Å². The molecule has 0 atom stereocenters. The van der Waals surface area contributed by atoms with Gasteiger partial charge in [0, 0.05) is 0 Å². The quantitative estimate of drug-likeness (QED) is 0.630. The Labute approximate surface area is 161 Å². The zero-order chi connectivity index (χ0) is 18.5. The normalized spacial score (nSPS) is 15.7. The fourth-order valence-electron chi connectivity index (χ4n) is 3.96. The standard InChI is InChI=1S/C23H29N3O/c1-19-10-4-7-13-22(19)27-17-16-26-21-12-6-5-11-20(21)24-23(26)18-25-14-8-2-3-9-15-25/h4-7,10-13H,2-3,8-9,14-18H2,1H3. The summed E-state index contributed by atoms with van der Waals surface area (Å²) >= 11 is 0. The molecule has 1 aromatic heterocycles. The molecule has 1 aliphatic heterocycles. The Kier molecular flexibility index (Phi) is 5.73. The van der Waals surface area contributed by atoms with Gasteiger partial charge in [0.1, 0.15) is 18.2 Å². The number of likely N-dealkylation sites (tertiary alicyclic amines) is 1. The summed E-state index contributed by atoms with van der Waals surface area (Å²) in [6.45, 7) is 6.85. The number of aryl methyl sites for hydroxylation is 1. The van der Waals surface area contributed by atoms with Gasteiger partial charge in [-0.2, -0.15) is 0 Å². The molecule has 0 bridgehead atoms. The Bertz CT molecular complexity index is 878. The molecule has 3 aromatic rings. The van der Waals surface area contributed by atoms with Crippen LogP contribution in [0.15, 0.2) is 48.5 Å². The molecule has 0 spiro atoms. The summed E-state index contributed by atoms with van der Waals surface area (Å²) < 4.78 is 8.41. The maximum Gasteiger partial charge on any atom is 0.124 e. The number of hydrogen-bond acceptors (Lipinski definition) is 3. The highest BCUT2D eigenvalue weighted by atomic mass is 16.5. The van der Waals surface area contributed by atoms with Crippen molar-refractivity contribution in [2.45, 2.75) is 45.7 Å². The van der Waals surface area contributed by atoms with Crippen LogP contribution in [0.5, 0.6) is 5.75 Å². The zero-order valence-electron chi connectivity index (χ0n) is 16.2. The van der Waals surface area contributed by atoms with Crippen LogP contribution in [0.3, 0.4) is 0 Å². The first kappa shape index (κ1) is 18.1. The highest BCUT2D eigenvalue weighted by Crippen LogP contribution is 2.20. The summed E-state index contributed by atoms with van der Waals surface area (Å²) in [5.74, 6) is 2.13. The van der Waals surface area contributed by atoms with Gasteiger partial charge < -0.3 is 9.30 Å². The largest absolute Gasteiger partial charge is 0.491 e. The Balaban J connectivity index is 1.52. The Morgan fingerprint density at radius 2 is 1.67 bits per heavy atom. The van der Waals surface area contributed by atoms with Crippen molar-refractivity contribution in [1.82, 2.24) is 14.5 Å². The number of rotatable bonds is 6. The van der Waals surface area contributed by atoms with Gasteiger partial charge >= 0.3 is 0 Å². The van der Waals surface area contributed by atoms with E-state index in [1.165, 1.54) is 49.9 Å². The van der Waals surface area contributed by atoms with Gasteiger partial charge in [-0.05, 0) is 56.6 Å². The van der Waals surface area contributed by atoms with Gasteiger partial charge in [0.2, 0.25) is 0 Å². The third-order valence-electron chi connectivity index (χ3n) is 5.46. The van der Waals surface area contributed by atoms with Crippen molar-refractivity contribution in [3.05, 3.63) is 59.9 Å². The molecule has 1 saturated heterocycles. The monoisotopic (exact) mass is 363 g/mol. The van der Waals surface area contributed by atoms with E-state index in [-0.39, 0.29) is 0 Å². The SMILES string of the molecule is Cc1ccccc1OCCn1c(CN2CCCCCC2)nc2ccccc21. The molecular weight excluding hydrogens is 334 g/mol. The first-order valence-electron chi connectivity index (χ1n) is 10.2. The van der Waals surface area contributed by atoms with Crippen molar-refractivity contribution in [1.29, 1.82) is 0 Å². The number of imidazole rings is 1. The molecule has 0 amide bonds. The minimum absolute atomic E-state index is 0.651. The fourth-order valence-corrected chi connectivity index (χ4v) is 3.96. The van der Waals surface area contributed by atoms with Crippen LogP contribution in [0, 0.1) is 6.92 Å². The molecule has 0 N–H and O–H groups in total. The van der Waals surface area contributed by atoms with Gasteiger partial charge in [-0.25, -0.2) is 4.98 Å². The molecule has 0 unspecified atom stereocenters. The molecule has 4 nitrogen and oxygen atoms in total. The predicted molar refractivity (Wildman–Crippen MR) is 110 cm³/mol. The number of benzene rings is 2. The van der Waals surface area contributed by atoms with Gasteiger partial charge in [-0.3, -0.25) is 4.90 Å². The number of nitrogens with zero attached hydrogens (tertiary/aromatic N) is 3. The molecule has 2 aromatic carbocycles. The predicted octanol–water partition coefficient (Wildman–Crippen LogP) is 4.80. The average molecular weight is 364 g/mol. The van der Waals surface area contributed by atoms with Crippen LogP contribution in [0.4, 0.5) is 0 Å². The second-order valence-electron chi connectivity index (χ2n) is 7.47. The summed E-state index contributed by atoms with van der Waals surface area (Å²) in [7, 11) is 0. The Hall–Kier alpha value is -2.33. The van der Waals surface area contributed by atoms with Crippen LogP contribution in [0.2, 0.25) is 0 Å². The number of hydrogen-bond donors (Lipinski definition) is 0. The molecule has 0 aliphatic carbocycles. The summed E-state index contributed by atoms with van der Waals surface area (Å²) in [5, 5.41) is 0. The van der Waals surface area contributed by atoms with E-state index in [1.54, 1.807) is 0 Å². The maximum absolute atomic E-state index is 6.06. The van der Waals surface area contributed by atoms with Crippen molar-refractivity contribution in [2.24, 2.45) is 0 Å². The lowest BCUT2D eigenvalue weighted by Crippen LogP contribution is -2.26. The van der Waals surface area contributed by atoms with Crippen LogP contribution in [-0.2, 0) is 13.1 Å². The summed E-state index contributed by atoms with van der Waals surface area (Å²) in [5.41, 5.74) is 3.46. The minimum atomic E-state index is 0.651. The Morgan fingerprint density at radius 1 is 0.926 bits per heavy atom. The molecule has 1 aliphatic rings. The first-order chi connectivity index (χ1) is 13.3.